The Morgan fingerprint density at radius 1 is 0.610 bits per heavy atom. The van der Waals surface area contributed by atoms with Crippen LogP contribution in [0.5, 0.6) is 0 Å². The molecule has 0 unspecified atom stereocenters. The number of hydrogen-bond donors (Lipinski definition) is 2. The predicted molar refractivity (Wildman–Crippen MR) is 124 cm³/mol. The Labute approximate surface area is 219 Å². The maximum absolute atomic E-state index is 12.8. The van der Waals surface area contributed by atoms with E-state index >= 15 is 0 Å². The molecular formula is C16H13F10N5O8S2. The molecular weight excluding hydrogens is 644 g/mol. The number of carbonyl (C=O) groups excluding carboxylic acids is 2. The molecule has 0 spiro atoms. The molecule has 0 bridgehead atoms. The third kappa shape index (κ3) is 9.62. The van der Waals surface area contributed by atoms with Gasteiger partial charge < -0.3 is 10.6 Å². The molecule has 0 aliphatic rings. The highest BCUT2D eigenvalue weighted by Crippen LogP contribution is 3.03. The van der Waals surface area contributed by atoms with E-state index in [1.807, 2.05) is 5.32 Å². The minimum absolute atomic E-state index is 0.152. The van der Waals surface area contributed by atoms with Gasteiger partial charge in [-0.3, -0.25) is 39.9 Å². The lowest BCUT2D eigenvalue weighted by atomic mass is 10.2. The average Bonchev–Trinajstić information content (AvgIpc) is 2.69. The number of halogens is 10. The van der Waals surface area contributed by atoms with Crippen molar-refractivity contribution in [1.29, 1.82) is 0 Å². The minimum atomic E-state index is -10.5. The summed E-state index contributed by atoms with van der Waals surface area (Å²) in [5, 5.41) is 35.0. The van der Waals surface area contributed by atoms with Crippen molar-refractivity contribution in [3.05, 3.63) is 60.7 Å². The Balaban J connectivity index is 0.000000414. The molecule has 13 nitrogen and oxygen atoms in total. The number of anilines is 2. The maximum atomic E-state index is 12.8. The summed E-state index contributed by atoms with van der Waals surface area (Å²) in [5.74, 6) is -1.90. The first-order chi connectivity index (χ1) is 17.7. The number of nitro benzene ring substituents is 3. The van der Waals surface area contributed by atoms with E-state index in [0.717, 1.165) is 19.9 Å². The third-order valence-electron chi connectivity index (χ3n) is 4.09. The maximum Gasteiger partial charge on any atom is 0.316 e. The van der Waals surface area contributed by atoms with E-state index in [-0.39, 0.29) is 18.2 Å². The lowest BCUT2D eigenvalue weighted by Crippen LogP contribution is -2.13. The zero-order valence-electron chi connectivity index (χ0n) is 19.6. The molecule has 0 atom stereocenters. The van der Waals surface area contributed by atoms with Crippen LogP contribution in [0, 0.1) is 30.3 Å². The van der Waals surface area contributed by atoms with E-state index < -0.39 is 91.3 Å². The Bertz CT molecular complexity index is 1500. The van der Waals surface area contributed by atoms with Crippen LogP contribution in [0.1, 0.15) is 13.8 Å². The van der Waals surface area contributed by atoms with Crippen LogP contribution in [0.3, 0.4) is 0 Å². The molecule has 0 radical (unpaired) electrons. The Kier molecular flexibility index (Phi) is 7.64. The van der Waals surface area contributed by atoms with Crippen LogP contribution in [0.2, 0.25) is 0 Å². The summed E-state index contributed by atoms with van der Waals surface area (Å²) < 4.78 is 128. The lowest BCUT2D eigenvalue weighted by Gasteiger charge is -2.39. The van der Waals surface area contributed by atoms with Crippen molar-refractivity contribution >= 4 is 60.7 Å². The monoisotopic (exact) mass is 657 g/mol. The van der Waals surface area contributed by atoms with Gasteiger partial charge in [0.25, 0.3) is 17.1 Å². The molecule has 232 valence electrons. The molecule has 0 heterocycles. The van der Waals surface area contributed by atoms with Gasteiger partial charge in [0, 0.05) is 25.6 Å². The van der Waals surface area contributed by atoms with Gasteiger partial charge in [-0.15, -0.1) is 0 Å². The zero-order chi connectivity index (χ0) is 32.7. The van der Waals surface area contributed by atoms with Gasteiger partial charge in [-0.2, -0.15) is 0 Å². The SMILES string of the molecule is CC(=O)Nc1cc(S(F)(F)(F)(F)F)c([N+](=O)[O-])cc1[N+](=O)[O-].CC(=O)Nc1ccc([N+](=O)[O-])c(S(F)(F)(F)(F)F)c1. The smallest absolute Gasteiger partial charge is 0.316 e. The van der Waals surface area contributed by atoms with Gasteiger partial charge in [0.15, 0.2) is 9.79 Å². The first-order valence-corrected chi connectivity index (χ1v) is 13.4. The van der Waals surface area contributed by atoms with Gasteiger partial charge in [-0.05, 0) is 18.2 Å². The number of hydrogen-bond acceptors (Lipinski definition) is 8. The van der Waals surface area contributed by atoms with E-state index in [1.165, 1.54) is 0 Å². The molecule has 0 saturated heterocycles. The number of carbonyl (C=O) groups is 2. The Hall–Kier alpha value is -4.42. The highest BCUT2D eigenvalue weighted by atomic mass is 32.5. The molecule has 41 heavy (non-hydrogen) atoms. The highest BCUT2D eigenvalue weighted by Gasteiger charge is 2.70. The molecule has 0 aliphatic heterocycles. The van der Waals surface area contributed by atoms with Crippen molar-refractivity contribution in [2.24, 2.45) is 0 Å². The van der Waals surface area contributed by atoms with Crippen molar-refractivity contribution in [3.8, 4) is 0 Å². The van der Waals surface area contributed by atoms with Crippen molar-refractivity contribution in [2.75, 3.05) is 10.6 Å². The van der Waals surface area contributed by atoms with Gasteiger partial charge in [-0.25, -0.2) is 0 Å². The second-order valence-electron chi connectivity index (χ2n) is 7.59. The van der Waals surface area contributed by atoms with Gasteiger partial charge in [-0.1, -0.05) is 38.9 Å². The van der Waals surface area contributed by atoms with Gasteiger partial charge in [0.05, 0.1) is 20.8 Å². The predicted octanol–water partition coefficient (Wildman–Crippen LogP) is 8.33. The van der Waals surface area contributed by atoms with Crippen molar-refractivity contribution in [1.82, 2.24) is 0 Å². The van der Waals surface area contributed by atoms with E-state index in [9.17, 15) is 78.8 Å². The van der Waals surface area contributed by atoms with E-state index in [2.05, 4.69) is 0 Å². The average molecular weight is 657 g/mol. The number of nitrogens with one attached hydrogen (secondary N) is 2. The van der Waals surface area contributed by atoms with Gasteiger partial charge in [0.2, 0.25) is 11.8 Å². The fraction of sp³-hybridized carbons (Fsp3) is 0.125. The molecule has 2 rings (SSSR count). The molecule has 2 N–H and O–H groups in total. The topological polar surface area (TPSA) is 188 Å². The molecule has 0 saturated carbocycles. The number of nitrogens with zero attached hydrogens (tertiary/aromatic N) is 3. The molecule has 0 fully saturated rings. The van der Waals surface area contributed by atoms with Crippen molar-refractivity contribution in [2.45, 2.75) is 23.6 Å². The highest BCUT2D eigenvalue weighted by molar-refractivity contribution is 8.46. The fourth-order valence-electron chi connectivity index (χ4n) is 2.70. The summed E-state index contributed by atoms with van der Waals surface area (Å²) in [6.45, 7) is 1.70. The minimum Gasteiger partial charge on any atom is -0.326 e. The summed E-state index contributed by atoms with van der Waals surface area (Å²) >= 11 is 0. The van der Waals surface area contributed by atoms with Crippen LogP contribution in [0.4, 0.5) is 67.3 Å². The zero-order valence-corrected chi connectivity index (χ0v) is 21.2. The number of rotatable bonds is 7. The van der Waals surface area contributed by atoms with E-state index in [1.54, 1.807) is 5.32 Å². The van der Waals surface area contributed by atoms with Crippen molar-refractivity contribution in [3.63, 3.8) is 0 Å². The summed E-state index contributed by atoms with van der Waals surface area (Å²) in [6.07, 6.45) is 0. The van der Waals surface area contributed by atoms with Gasteiger partial charge in [0.1, 0.15) is 5.69 Å². The molecule has 2 aromatic rings. The molecule has 2 aromatic carbocycles. The van der Waals surface area contributed by atoms with Crippen LogP contribution in [0.15, 0.2) is 40.1 Å². The number of amides is 2. The molecule has 2 amide bonds. The summed E-state index contributed by atoms with van der Waals surface area (Å²) in [4.78, 5) is 42.7. The first-order valence-electron chi connectivity index (χ1n) is 9.52. The first kappa shape index (κ1) is 34.6. The number of benzene rings is 2. The molecule has 0 aliphatic carbocycles. The summed E-state index contributed by atoms with van der Waals surface area (Å²) in [5.41, 5.74) is -7.12. The third-order valence-corrected chi connectivity index (χ3v) is 6.41. The quantitative estimate of drug-likeness (QED) is 0.169. The summed E-state index contributed by atoms with van der Waals surface area (Å²) in [6, 6.07) is 0.0455. The lowest BCUT2D eigenvalue weighted by molar-refractivity contribution is -0.395. The van der Waals surface area contributed by atoms with Gasteiger partial charge >= 0.3 is 20.4 Å². The van der Waals surface area contributed by atoms with Crippen LogP contribution in [0.25, 0.3) is 0 Å². The summed E-state index contributed by atoms with van der Waals surface area (Å²) in [7, 11) is -20.7. The second-order valence-corrected chi connectivity index (χ2v) is 12.3. The molecule has 0 aromatic heterocycles. The second kappa shape index (κ2) is 9.05. The van der Waals surface area contributed by atoms with Crippen molar-refractivity contribution < 1.29 is 63.2 Å². The number of nitro groups is 3. The normalized spacial score (nSPS) is 14.9. The Morgan fingerprint density at radius 2 is 1.00 bits per heavy atom. The van der Waals surface area contributed by atoms with Crippen LogP contribution in [-0.2, 0) is 9.59 Å². The fourth-order valence-corrected chi connectivity index (χ4v) is 4.46. The molecule has 25 heteroatoms. The largest absolute Gasteiger partial charge is 0.326 e. The Morgan fingerprint density at radius 3 is 1.34 bits per heavy atom. The van der Waals surface area contributed by atoms with Crippen LogP contribution in [-0.4, -0.2) is 26.6 Å². The standard InChI is InChI=1S/C8H6F5N3O5S.C8H7F5N2O3S/c1-4(17)14-5-2-8(22(9,10,11,12)13)7(16(20)21)3-6(5)15(18)19;1-5(16)14-6-2-3-7(15(17)18)8(4-6)19(9,10,11,12)13/h2-3H,1H3,(H,14,17);2-4H,1H3,(H,14,16). The van der Waals surface area contributed by atoms with Crippen LogP contribution < -0.4 is 10.6 Å². The van der Waals surface area contributed by atoms with Crippen LogP contribution >= 0.6 is 20.4 Å². The van der Waals surface area contributed by atoms with E-state index in [0.29, 0.717) is 0 Å². The van der Waals surface area contributed by atoms with E-state index in [4.69, 9.17) is 0 Å².